The molecule has 0 saturated carbocycles. The third-order valence-corrected chi connectivity index (χ3v) is 3.56. The molecular formula is C13H21N3O2. The van der Waals surface area contributed by atoms with Crippen molar-refractivity contribution in [1.29, 1.82) is 0 Å². The largest absolute Gasteiger partial charge is 0.373 e. The van der Waals surface area contributed by atoms with Gasteiger partial charge in [-0.15, -0.1) is 0 Å². The van der Waals surface area contributed by atoms with Gasteiger partial charge in [0.05, 0.1) is 4.92 Å². The number of aryl methyl sites for hydroxylation is 1. The van der Waals surface area contributed by atoms with Gasteiger partial charge in [0.2, 0.25) is 0 Å². The first-order valence-corrected chi connectivity index (χ1v) is 6.04. The zero-order chi connectivity index (χ0) is 13.9. The minimum absolute atomic E-state index is 0.0929. The van der Waals surface area contributed by atoms with E-state index in [9.17, 15) is 10.1 Å². The standard InChI is InChI=1S/C13H21N3O2/c1-9(2)13(4,8-14)15-12-10(3)6-5-7-11(12)16(17)18/h5-7,9,15H,8,14H2,1-4H3. The summed E-state index contributed by atoms with van der Waals surface area (Å²) in [5, 5.41) is 14.3. The highest BCUT2D eigenvalue weighted by atomic mass is 16.6. The fraction of sp³-hybridized carbons (Fsp3) is 0.538. The van der Waals surface area contributed by atoms with E-state index in [1.165, 1.54) is 6.07 Å². The Morgan fingerprint density at radius 2 is 2.11 bits per heavy atom. The van der Waals surface area contributed by atoms with Crippen LogP contribution in [0, 0.1) is 23.0 Å². The number of nitrogens with one attached hydrogen (secondary N) is 1. The van der Waals surface area contributed by atoms with Crippen LogP contribution in [-0.4, -0.2) is 17.0 Å². The maximum atomic E-state index is 11.1. The van der Waals surface area contributed by atoms with Crippen LogP contribution in [0.4, 0.5) is 11.4 Å². The van der Waals surface area contributed by atoms with E-state index in [1.54, 1.807) is 6.07 Å². The molecule has 1 aromatic carbocycles. The summed E-state index contributed by atoms with van der Waals surface area (Å²) < 4.78 is 0. The first kappa shape index (κ1) is 14.4. The van der Waals surface area contributed by atoms with Gasteiger partial charge in [-0.25, -0.2) is 0 Å². The van der Waals surface area contributed by atoms with Crippen LogP contribution < -0.4 is 11.1 Å². The Labute approximate surface area is 108 Å². The second-order valence-electron chi connectivity index (χ2n) is 5.13. The lowest BCUT2D eigenvalue weighted by Gasteiger charge is -2.35. The van der Waals surface area contributed by atoms with Gasteiger partial charge >= 0.3 is 0 Å². The number of rotatable bonds is 5. The van der Waals surface area contributed by atoms with Gasteiger partial charge in [-0.1, -0.05) is 26.0 Å². The molecule has 0 aromatic heterocycles. The van der Waals surface area contributed by atoms with E-state index >= 15 is 0 Å². The highest BCUT2D eigenvalue weighted by molar-refractivity contribution is 5.67. The molecule has 0 radical (unpaired) electrons. The highest BCUT2D eigenvalue weighted by Gasteiger charge is 2.29. The number of hydrogen-bond donors (Lipinski definition) is 2. The number of nitro groups is 1. The smallest absolute Gasteiger partial charge is 0.292 e. The third kappa shape index (κ3) is 2.79. The summed E-state index contributed by atoms with van der Waals surface area (Å²) in [6.07, 6.45) is 0. The van der Waals surface area contributed by atoms with Crippen LogP contribution in [0.2, 0.25) is 0 Å². The zero-order valence-corrected chi connectivity index (χ0v) is 11.4. The summed E-state index contributed by atoms with van der Waals surface area (Å²) in [7, 11) is 0. The molecule has 100 valence electrons. The summed E-state index contributed by atoms with van der Waals surface area (Å²) in [5.41, 5.74) is 6.94. The van der Waals surface area contributed by atoms with E-state index in [1.807, 2.05) is 33.8 Å². The third-order valence-electron chi connectivity index (χ3n) is 3.56. The molecular weight excluding hydrogens is 230 g/mol. The van der Waals surface area contributed by atoms with E-state index in [2.05, 4.69) is 5.32 Å². The van der Waals surface area contributed by atoms with Crippen molar-refractivity contribution < 1.29 is 4.92 Å². The van der Waals surface area contributed by atoms with Crippen molar-refractivity contribution in [3.63, 3.8) is 0 Å². The van der Waals surface area contributed by atoms with Gasteiger partial charge in [0, 0.05) is 18.2 Å². The molecule has 0 saturated heterocycles. The van der Waals surface area contributed by atoms with Crippen molar-refractivity contribution >= 4 is 11.4 Å². The molecule has 0 heterocycles. The number of nitrogens with two attached hydrogens (primary N) is 1. The average Bonchev–Trinajstić information content (AvgIpc) is 2.30. The van der Waals surface area contributed by atoms with Gasteiger partial charge in [-0.2, -0.15) is 0 Å². The molecule has 3 N–H and O–H groups in total. The van der Waals surface area contributed by atoms with Crippen molar-refractivity contribution in [3.05, 3.63) is 33.9 Å². The van der Waals surface area contributed by atoms with Crippen LogP contribution in [0.25, 0.3) is 0 Å². The van der Waals surface area contributed by atoms with Gasteiger partial charge in [-0.05, 0) is 25.3 Å². The van der Waals surface area contributed by atoms with Crippen LogP contribution in [0.15, 0.2) is 18.2 Å². The molecule has 0 fully saturated rings. The normalized spacial score (nSPS) is 14.3. The predicted octanol–water partition coefficient (Wildman–Crippen LogP) is 2.69. The summed E-state index contributed by atoms with van der Waals surface area (Å²) in [6, 6.07) is 5.05. The van der Waals surface area contributed by atoms with Crippen LogP contribution >= 0.6 is 0 Å². The van der Waals surface area contributed by atoms with E-state index in [-0.39, 0.29) is 22.1 Å². The summed E-state index contributed by atoms with van der Waals surface area (Å²) in [5.74, 6) is 0.265. The van der Waals surface area contributed by atoms with Crippen LogP contribution in [-0.2, 0) is 0 Å². The SMILES string of the molecule is Cc1cccc([N+](=O)[O-])c1NC(C)(CN)C(C)C. The Morgan fingerprint density at radius 3 is 2.56 bits per heavy atom. The lowest BCUT2D eigenvalue weighted by molar-refractivity contribution is -0.384. The molecule has 0 aliphatic rings. The minimum atomic E-state index is -0.368. The number of nitrogens with zero attached hydrogens (tertiary/aromatic N) is 1. The Kier molecular flexibility index (Phi) is 4.29. The summed E-state index contributed by atoms with van der Waals surface area (Å²) in [4.78, 5) is 10.7. The monoisotopic (exact) mass is 251 g/mol. The van der Waals surface area contributed by atoms with Gasteiger partial charge in [0.25, 0.3) is 5.69 Å². The second kappa shape index (κ2) is 5.35. The molecule has 0 bridgehead atoms. The maximum Gasteiger partial charge on any atom is 0.292 e. The fourth-order valence-corrected chi connectivity index (χ4v) is 1.68. The summed E-state index contributed by atoms with van der Waals surface area (Å²) in [6.45, 7) is 8.34. The van der Waals surface area contributed by atoms with Gasteiger partial charge in [0.15, 0.2) is 0 Å². The zero-order valence-electron chi connectivity index (χ0n) is 11.4. The van der Waals surface area contributed by atoms with Crippen molar-refractivity contribution in [3.8, 4) is 0 Å². The average molecular weight is 251 g/mol. The number of anilines is 1. The second-order valence-corrected chi connectivity index (χ2v) is 5.13. The van der Waals surface area contributed by atoms with E-state index in [0.717, 1.165) is 5.56 Å². The van der Waals surface area contributed by atoms with Crippen LogP contribution in [0.3, 0.4) is 0 Å². The molecule has 1 atom stereocenters. The van der Waals surface area contributed by atoms with Crippen molar-refractivity contribution in [1.82, 2.24) is 0 Å². The minimum Gasteiger partial charge on any atom is -0.373 e. The lowest BCUT2D eigenvalue weighted by Crippen LogP contribution is -2.47. The molecule has 0 spiro atoms. The summed E-state index contributed by atoms with van der Waals surface area (Å²) >= 11 is 0. The van der Waals surface area contributed by atoms with Gasteiger partial charge in [-0.3, -0.25) is 10.1 Å². The van der Waals surface area contributed by atoms with E-state index in [4.69, 9.17) is 5.73 Å². The first-order valence-electron chi connectivity index (χ1n) is 6.04. The molecule has 18 heavy (non-hydrogen) atoms. The number of hydrogen-bond acceptors (Lipinski definition) is 4. The predicted molar refractivity (Wildman–Crippen MR) is 73.8 cm³/mol. The lowest BCUT2D eigenvalue weighted by atomic mass is 9.88. The van der Waals surface area contributed by atoms with Crippen molar-refractivity contribution in [2.24, 2.45) is 11.7 Å². The quantitative estimate of drug-likeness (QED) is 0.622. The molecule has 5 heteroatoms. The topological polar surface area (TPSA) is 81.2 Å². The fourth-order valence-electron chi connectivity index (χ4n) is 1.68. The number of para-hydroxylation sites is 1. The Balaban J connectivity index is 3.21. The Morgan fingerprint density at radius 1 is 1.50 bits per heavy atom. The van der Waals surface area contributed by atoms with Gasteiger partial charge < -0.3 is 11.1 Å². The maximum absolute atomic E-state index is 11.1. The van der Waals surface area contributed by atoms with E-state index in [0.29, 0.717) is 12.2 Å². The molecule has 1 unspecified atom stereocenters. The van der Waals surface area contributed by atoms with Crippen molar-refractivity contribution in [2.45, 2.75) is 33.2 Å². The molecule has 1 aromatic rings. The van der Waals surface area contributed by atoms with E-state index < -0.39 is 0 Å². The number of benzene rings is 1. The molecule has 5 nitrogen and oxygen atoms in total. The molecule has 0 aliphatic carbocycles. The first-order chi connectivity index (χ1) is 8.31. The molecule has 0 amide bonds. The van der Waals surface area contributed by atoms with Gasteiger partial charge in [0.1, 0.15) is 5.69 Å². The highest BCUT2D eigenvalue weighted by Crippen LogP contribution is 2.32. The van der Waals surface area contributed by atoms with Crippen LogP contribution in [0.1, 0.15) is 26.3 Å². The molecule has 0 aliphatic heterocycles. The molecule has 1 rings (SSSR count). The van der Waals surface area contributed by atoms with Crippen molar-refractivity contribution in [2.75, 3.05) is 11.9 Å². The van der Waals surface area contributed by atoms with Crippen LogP contribution in [0.5, 0.6) is 0 Å². The number of nitro benzene ring substituents is 1. The Hall–Kier alpha value is -1.62. The Bertz CT molecular complexity index is 446.